The van der Waals surface area contributed by atoms with E-state index < -0.39 is 10.0 Å². The molecule has 0 unspecified atom stereocenters. The summed E-state index contributed by atoms with van der Waals surface area (Å²) in [4.78, 5) is 0.423. The molecule has 0 amide bonds. The molecule has 0 atom stereocenters. The van der Waals surface area contributed by atoms with Crippen molar-refractivity contribution in [3.05, 3.63) is 29.8 Å². The molecule has 2 rings (SSSR count). The minimum Gasteiger partial charge on any atom is -0.315 e. The summed E-state index contributed by atoms with van der Waals surface area (Å²) in [5, 5.41) is 3.24. The Morgan fingerprint density at radius 2 is 1.82 bits per heavy atom. The van der Waals surface area contributed by atoms with Crippen molar-refractivity contribution in [1.82, 2.24) is 9.62 Å². The third-order valence-electron chi connectivity index (χ3n) is 4.18. The van der Waals surface area contributed by atoms with Crippen LogP contribution >= 0.6 is 0 Å². The second-order valence-electron chi connectivity index (χ2n) is 5.96. The van der Waals surface area contributed by atoms with Gasteiger partial charge in [-0.05, 0) is 43.5 Å². The fraction of sp³-hybridized carbons (Fsp3) is 0.647. The minimum atomic E-state index is -3.34. The first kappa shape index (κ1) is 17.4. The summed E-state index contributed by atoms with van der Waals surface area (Å²) in [6.07, 6.45) is 6.84. The van der Waals surface area contributed by atoms with Crippen LogP contribution in [0.2, 0.25) is 0 Å². The van der Waals surface area contributed by atoms with Gasteiger partial charge in [-0.2, -0.15) is 4.31 Å². The van der Waals surface area contributed by atoms with Crippen molar-refractivity contribution >= 4 is 10.0 Å². The lowest BCUT2D eigenvalue weighted by molar-refractivity contribution is 0.432. The van der Waals surface area contributed by atoms with E-state index in [1.54, 1.807) is 16.4 Å². The molecule has 0 aliphatic carbocycles. The molecule has 124 valence electrons. The number of benzene rings is 1. The molecule has 0 saturated carbocycles. The molecular weight excluding hydrogens is 296 g/mol. The van der Waals surface area contributed by atoms with Gasteiger partial charge in [0, 0.05) is 19.6 Å². The molecule has 1 N–H and O–H groups in total. The van der Waals surface area contributed by atoms with Crippen LogP contribution in [0.15, 0.2) is 29.2 Å². The van der Waals surface area contributed by atoms with Crippen molar-refractivity contribution in [1.29, 1.82) is 0 Å². The predicted molar refractivity (Wildman–Crippen MR) is 90.5 cm³/mol. The molecule has 0 aromatic heterocycles. The number of aryl methyl sites for hydroxylation is 1. The highest BCUT2D eigenvalue weighted by Crippen LogP contribution is 2.18. The zero-order chi connectivity index (χ0) is 15.8. The molecule has 1 heterocycles. The van der Waals surface area contributed by atoms with Gasteiger partial charge in [0.1, 0.15) is 0 Å². The van der Waals surface area contributed by atoms with Crippen molar-refractivity contribution in [2.45, 2.75) is 50.3 Å². The van der Waals surface area contributed by atoms with Gasteiger partial charge in [-0.3, -0.25) is 0 Å². The topological polar surface area (TPSA) is 49.4 Å². The van der Waals surface area contributed by atoms with Crippen LogP contribution in [0.4, 0.5) is 0 Å². The lowest BCUT2D eigenvalue weighted by atomic mass is 10.1. The molecule has 0 spiro atoms. The van der Waals surface area contributed by atoms with Crippen LogP contribution in [-0.2, 0) is 16.4 Å². The Labute approximate surface area is 135 Å². The number of unbranched alkanes of at least 4 members (excludes halogenated alkanes) is 3. The molecule has 1 fully saturated rings. The number of nitrogens with one attached hydrogen (secondary N) is 1. The van der Waals surface area contributed by atoms with E-state index in [1.165, 1.54) is 31.2 Å². The molecule has 22 heavy (non-hydrogen) atoms. The highest BCUT2D eigenvalue weighted by Gasteiger charge is 2.24. The molecule has 1 aromatic carbocycles. The number of rotatable bonds is 7. The van der Waals surface area contributed by atoms with E-state index in [0.29, 0.717) is 18.0 Å². The number of hydrogen-bond acceptors (Lipinski definition) is 3. The highest BCUT2D eigenvalue weighted by atomic mass is 32.2. The molecule has 1 aliphatic rings. The Kier molecular flexibility index (Phi) is 6.86. The van der Waals surface area contributed by atoms with Crippen LogP contribution in [0.1, 0.15) is 44.6 Å². The summed E-state index contributed by atoms with van der Waals surface area (Å²) < 4.78 is 26.9. The van der Waals surface area contributed by atoms with E-state index in [0.717, 1.165) is 25.9 Å². The Balaban J connectivity index is 1.98. The van der Waals surface area contributed by atoms with E-state index >= 15 is 0 Å². The first-order valence-electron chi connectivity index (χ1n) is 8.44. The second kappa shape index (κ2) is 8.65. The molecule has 1 saturated heterocycles. The van der Waals surface area contributed by atoms with E-state index in [2.05, 4.69) is 12.2 Å². The summed E-state index contributed by atoms with van der Waals surface area (Å²) in [7, 11) is -3.34. The summed E-state index contributed by atoms with van der Waals surface area (Å²) >= 11 is 0. The fourth-order valence-electron chi connectivity index (χ4n) is 2.79. The van der Waals surface area contributed by atoms with E-state index in [-0.39, 0.29) is 0 Å². The Morgan fingerprint density at radius 3 is 2.55 bits per heavy atom. The summed E-state index contributed by atoms with van der Waals surface area (Å²) in [6, 6.07) is 7.47. The molecule has 4 nitrogen and oxygen atoms in total. The van der Waals surface area contributed by atoms with E-state index in [4.69, 9.17) is 0 Å². The zero-order valence-corrected chi connectivity index (χ0v) is 14.4. The van der Waals surface area contributed by atoms with Gasteiger partial charge >= 0.3 is 0 Å². The highest BCUT2D eigenvalue weighted by molar-refractivity contribution is 7.89. The smallest absolute Gasteiger partial charge is 0.243 e. The average molecular weight is 324 g/mol. The number of sulfonamides is 1. The van der Waals surface area contributed by atoms with Crippen LogP contribution in [0.25, 0.3) is 0 Å². The number of hydrogen-bond donors (Lipinski definition) is 1. The quantitative estimate of drug-likeness (QED) is 0.785. The summed E-state index contributed by atoms with van der Waals surface area (Å²) in [6.45, 7) is 4.99. The third kappa shape index (κ3) is 4.80. The normalized spacial score (nSPS) is 17.3. The first-order chi connectivity index (χ1) is 10.6. The predicted octanol–water partition coefficient (Wildman–Crippen LogP) is 2.79. The van der Waals surface area contributed by atoms with Crippen LogP contribution < -0.4 is 5.32 Å². The van der Waals surface area contributed by atoms with Gasteiger partial charge in [0.05, 0.1) is 4.90 Å². The van der Waals surface area contributed by atoms with Gasteiger partial charge in [-0.1, -0.05) is 38.3 Å². The second-order valence-corrected chi connectivity index (χ2v) is 7.90. The Morgan fingerprint density at radius 1 is 1.05 bits per heavy atom. The maximum Gasteiger partial charge on any atom is 0.243 e. The van der Waals surface area contributed by atoms with Gasteiger partial charge in [0.2, 0.25) is 10.0 Å². The standard InChI is InChI=1S/C17H28N2O2S/c1-2-3-4-5-7-16-8-10-17(11-9-16)22(20,21)19-14-6-12-18-13-15-19/h8-11,18H,2-7,12-15H2,1H3. The van der Waals surface area contributed by atoms with Crippen LogP contribution in [0.5, 0.6) is 0 Å². The lowest BCUT2D eigenvalue weighted by Crippen LogP contribution is -2.34. The molecule has 5 heteroatoms. The summed E-state index contributed by atoms with van der Waals surface area (Å²) in [5.41, 5.74) is 1.23. The Bertz CT molecular complexity index is 532. The van der Waals surface area contributed by atoms with Crippen LogP contribution in [0.3, 0.4) is 0 Å². The van der Waals surface area contributed by atoms with E-state index in [9.17, 15) is 8.42 Å². The maximum absolute atomic E-state index is 12.6. The van der Waals surface area contributed by atoms with Gasteiger partial charge in [-0.25, -0.2) is 8.42 Å². The molecule has 1 aromatic rings. The van der Waals surface area contributed by atoms with Crippen molar-refractivity contribution in [3.63, 3.8) is 0 Å². The van der Waals surface area contributed by atoms with Gasteiger partial charge in [-0.15, -0.1) is 0 Å². The average Bonchev–Trinajstić information content (AvgIpc) is 2.82. The SMILES string of the molecule is CCCCCCc1ccc(S(=O)(=O)N2CCCNCC2)cc1. The molecule has 1 aliphatic heterocycles. The van der Waals surface area contributed by atoms with Crippen LogP contribution in [0, 0.1) is 0 Å². The zero-order valence-electron chi connectivity index (χ0n) is 13.6. The van der Waals surface area contributed by atoms with Crippen LogP contribution in [-0.4, -0.2) is 38.9 Å². The van der Waals surface area contributed by atoms with Gasteiger partial charge in [0.25, 0.3) is 0 Å². The largest absolute Gasteiger partial charge is 0.315 e. The third-order valence-corrected chi connectivity index (χ3v) is 6.09. The van der Waals surface area contributed by atoms with Crippen molar-refractivity contribution in [3.8, 4) is 0 Å². The van der Waals surface area contributed by atoms with E-state index in [1.807, 2.05) is 12.1 Å². The van der Waals surface area contributed by atoms with Crippen molar-refractivity contribution in [2.75, 3.05) is 26.2 Å². The first-order valence-corrected chi connectivity index (χ1v) is 9.88. The maximum atomic E-state index is 12.6. The minimum absolute atomic E-state index is 0.423. The van der Waals surface area contributed by atoms with Crippen molar-refractivity contribution < 1.29 is 8.42 Å². The monoisotopic (exact) mass is 324 g/mol. The Hall–Kier alpha value is -0.910. The summed E-state index contributed by atoms with van der Waals surface area (Å²) in [5.74, 6) is 0. The fourth-order valence-corrected chi connectivity index (χ4v) is 4.27. The van der Waals surface area contributed by atoms with Gasteiger partial charge < -0.3 is 5.32 Å². The number of nitrogens with zero attached hydrogens (tertiary/aromatic N) is 1. The van der Waals surface area contributed by atoms with Crippen molar-refractivity contribution in [2.24, 2.45) is 0 Å². The molecular formula is C17H28N2O2S. The lowest BCUT2D eigenvalue weighted by Gasteiger charge is -2.19. The molecule has 0 bridgehead atoms. The molecule has 0 radical (unpaired) electrons. The van der Waals surface area contributed by atoms with Gasteiger partial charge in [0.15, 0.2) is 0 Å².